The fourth-order valence-electron chi connectivity index (χ4n) is 6.55. The Labute approximate surface area is 203 Å². The number of nitrogens with zero attached hydrogens (tertiary/aromatic N) is 1. The van der Waals surface area contributed by atoms with Crippen molar-refractivity contribution in [2.45, 2.75) is 32.7 Å². The second-order valence-electron chi connectivity index (χ2n) is 10.2. The van der Waals surface area contributed by atoms with Gasteiger partial charge in [-0.25, -0.2) is 4.79 Å². The number of likely N-dealkylation sites (tertiary alicyclic amines) is 1. The molecule has 0 N–H and O–H groups in total. The van der Waals surface area contributed by atoms with Crippen LogP contribution < -0.4 is 4.74 Å². The lowest BCUT2D eigenvalue weighted by atomic mass is 9.63. The van der Waals surface area contributed by atoms with Gasteiger partial charge in [-0.2, -0.15) is 0 Å². The van der Waals surface area contributed by atoms with Gasteiger partial charge in [0.05, 0.1) is 11.8 Å². The summed E-state index contributed by atoms with van der Waals surface area (Å²) in [4.78, 5) is 42.2. The Morgan fingerprint density at radius 3 is 2.12 bits per heavy atom. The molecule has 174 valence electrons. The molecule has 0 radical (unpaired) electrons. The van der Waals surface area contributed by atoms with Crippen LogP contribution in [0.15, 0.2) is 54.6 Å². The van der Waals surface area contributed by atoms with Crippen LogP contribution in [0.1, 0.15) is 23.1 Å². The maximum Gasteiger partial charge on any atom is 0.335 e. The summed E-state index contributed by atoms with van der Waals surface area (Å²) in [5.41, 5.74) is 2.46. The number of halogens is 1. The van der Waals surface area contributed by atoms with Gasteiger partial charge in [0.15, 0.2) is 0 Å². The van der Waals surface area contributed by atoms with E-state index in [4.69, 9.17) is 16.3 Å². The molecule has 6 heteroatoms. The predicted octanol–water partition coefficient (Wildman–Crippen LogP) is 4.53. The van der Waals surface area contributed by atoms with Crippen molar-refractivity contribution in [3.63, 3.8) is 0 Å². The minimum Gasteiger partial charge on any atom is -0.425 e. The number of carbonyl (C=O) groups is 3. The maximum absolute atomic E-state index is 13.7. The number of allylic oxidation sites excluding steroid dienone is 2. The first-order chi connectivity index (χ1) is 16.3. The lowest BCUT2D eigenvalue weighted by Crippen LogP contribution is -2.48. The van der Waals surface area contributed by atoms with E-state index in [0.29, 0.717) is 22.6 Å². The maximum atomic E-state index is 13.7. The zero-order valence-corrected chi connectivity index (χ0v) is 19.9. The topological polar surface area (TPSA) is 63.7 Å². The second kappa shape index (κ2) is 7.81. The first kappa shape index (κ1) is 21.6. The van der Waals surface area contributed by atoms with Crippen molar-refractivity contribution < 1.29 is 19.1 Å². The number of imide groups is 1. The van der Waals surface area contributed by atoms with Crippen LogP contribution in [0.3, 0.4) is 0 Å². The van der Waals surface area contributed by atoms with Crippen molar-refractivity contribution >= 4 is 29.4 Å². The van der Waals surface area contributed by atoms with Crippen LogP contribution in [0, 0.1) is 49.4 Å². The lowest BCUT2D eigenvalue weighted by Gasteiger charge is -2.37. The van der Waals surface area contributed by atoms with Gasteiger partial charge in [0.1, 0.15) is 11.8 Å². The van der Waals surface area contributed by atoms with Gasteiger partial charge in [-0.15, -0.1) is 0 Å². The van der Waals surface area contributed by atoms with Gasteiger partial charge in [-0.05, 0) is 72.8 Å². The number of carbonyl (C=O) groups excluding carboxylic acids is 3. The molecule has 1 aliphatic heterocycles. The summed E-state index contributed by atoms with van der Waals surface area (Å²) in [6.45, 7) is 3.70. The highest BCUT2D eigenvalue weighted by molar-refractivity contribution is 6.32. The fourth-order valence-corrected chi connectivity index (χ4v) is 6.66. The summed E-state index contributed by atoms with van der Waals surface area (Å²) in [5.74, 6) is -0.151. The zero-order chi connectivity index (χ0) is 23.7. The van der Waals surface area contributed by atoms with Gasteiger partial charge in [0.25, 0.3) is 0 Å². The Kier molecular flexibility index (Phi) is 4.96. The first-order valence-electron chi connectivity index (χ1n) is 11.9. The number of rotatable bonds is 5. The van der Waals surface area contributed by atoms with Gasteiger partial charge >= 0.3 is 5.97 Å². The molecule has 5 nitrogen and oxygen atoms in total. The quantitative estimate of drug-likeness (QED) is 0.276. The molecule has 2 bridgehead atoms. The van der Waals surface area contributed by atoms with Gasteiger partial charge in [0.2, 0.25) is 11.8 Å². The Hall–Kier alpha value is -2.92. The van der Waals surface area contributed by atoms with Crippen molar-refractivity contribution in [2.24, 2.45) is 35.5 Å². The van der Waals surface area contributed by atoms with E-state index in [9.17, 15) is 14.4 Å². The number of esters is 1. The van der Waals surface area contributed by atoms with Crippen LogP contribution in [-0.2, 0) is 20.8 Å². The molecule has 0 unspecified atom stereocenters. The van der Waals surface area contributed by atoms with Crippen LogP contribution in [0.5, 0.6) is 5.75 Å². The molecule has 4 aliphatic carbocycles. The minimum absolute atomic E-state index is 0.108. The normalized spacial score (nSPS) is 31.3. The fraction of sp³-hybridized carbons (Fsp3) is 0.393. The standard InChI is InChI=1S/C28H26ClNO4/c1-14-10-17(11-15(2)25(14)29)34-28(33)22(12-16-6-4-3-5-7-16)30-26(31)23-18-8-9-19(21-13-20(18)21)24(23)27(30)32/h3-11,18-24H,12-13H2,1-2H3/t18-,19-,20-,21-,22-,23+,24+/m1/s1. The van der Waals surface area contributed by atoms with Gasteiger partial charge in [-0.1, -0.05) is 54.1 Å². The van der Waals surface area contributed by atoms with E-state index in [1.165, 1.54) is 4.90 Å². The highest BCUT2D eigenvalue weighted by Crippen LogP contribution is 2.65. The van der Waals surface area contributed by atoms with Crippen LogP contribution >= 0.6 is 11.6 Å². The van der Waals surface area contributed by atoms with Crippen molar-refractivity contribution in [3.8, 4) is 5.75 Å². The highest BCUT2D eigenvalue weighted by Gasteiger charge is 2.68. The van der Waals surface area contributed by atoms with E-state index < -0.39 is 12.0 Å². The first-order valence-corrected chi connectivity index (χ1v) is 12.3. The van der Waals surface area contributed by atoms with E-state index in [0.717, 1.165) is 23.1 Å². The third-order valence-electron chi connectivity index (χ3n) is 8.18. The molecule has 2 aromatic rings. The molecule has 7 rings (SSSR count). The van der Waals surface area contributed by atoms with Crippen LogP contribution in [0.4, 0.5) is 0 Å². The molecular weight excluding hydrogens is 450 g/mol. The van der Waals surface area contributed by atoms with E-state index in [-0.39, 0.29) is 41.9 Å². The molecule has 34 heavy (non-hydrogen) atoms. The van der Waals surface area contributed by atoms with E-state index >= 15 is 0 Å². The Morgan fingerprint density at radius 1 is 1.00 bits per heavy atom. The number of ether oxygens (including phenoxy) is 1. The number of hydrogen-bond donors (Lipinski definition) is 0. The molecule has 0 spiro atoms. The van der Waals surface area contributed by atoms with E-state index in [2.05, 4.69) is 12.2 Å². The highest BCUT2D eigenvalue weighted by atomic mass is 35.5. The second-order valence-corrected chi connectivity index (χ2v) is 10.6. The van der Waals surface area contributed by atoms with E-state index in [1.807, 2.05) is 44.2 Å². The summed E-state index contributed by atoms with van der Waals surface area (Å²) < 4.78 is 5.77. The van der Waals surface area contributed by atoms with Gasteiger partial charge in [-0.3, -0.25) is 14.5 Å². The predicted molar refractivity (Wildman–Crippen MR) is 127 cm³/mol. The molecule has 5 aliphatic rings. The van der Waals surface area contributed by atoms with Crippen LogP contribution in [0.2, 0.25) is 5.02 Å². The molecular formula is C28H26ClNO4. The Balaban J connectivity index is 1.34. The summed E-state index contributed by atoms with van der Waals surface area (Å²) in [7, 11) is 0. The third kappa shape index (κ3) is 3.24. The third-order valence-corrected chi connectivity index (χ3v) is 8.78. The minimum atomic E-state index is -1.01. The SMILES string of the molecule is Cc1cc(OC(=O)[C@@H](Cc2ccccc2)N2C(=O)[C@H]3[C@@H]4C=C[C@H]([C@H]5C[C@H]45)[C@@H]3C2=O)cc(C)c1Cl. The summed E-state index contributed by atoms with van der Waals surface area (Å²) >= 11 is 6.27. The monoisotopic (exact) mass is 475 g/mol. The molecule has 1 heterocycles. The van der Waals surface area contributed by atoms with E-state index in [1.54, 1.807) is 12.1 Å². The average Bonchev–Trinajstić information content (AvgIpc) is 3.60. The Bertz CT molecular complexity index is 1180. The zero-order valence-electron chi connectivity index (χ0n) is 19.1. The smallest absolute Gasteiger partial charge is 0.335 e. The van der Waals surface area contributed by atoms with Crippen molar-refractivity contribution in [2.75, 3.05) is 0 Å². The molecule has 2 amide bonds. The summed E-state index contributed by atoms with van der Waals surface area (Å²) in [5, 5.41) is 0.621. The molecule has 7 atom stereocenters. The van der Waals surface area contributed by atoms with Crippen LogP contribution in [0.25, 0.3) is 0 Å². The van der Waals surface area contributed by atoms with Crippen molar-refractivity contribution in [1.82, 2.24) is 4.90 Å². The van der Waals surface area contributed by atoms with Crippen molar-refractivity contribution in [1.29, 1.82) is 0 Å². The lowest BCUT2D eigenvalue weighted by molar-refractivity contribution is -0.153. The largest absolute Gasteiger partial charge is 0.425 e. The molecule has 3 fully saturated rings. The number of benzene rings is 2. The molecule has 0 aromatic heterocycles. The summed E-state index contributed by atoms with van der Waals surface area (Å²) in [6, 6.07) is 11.9. The molecule has 1 saturated heterocycles. The molecule has 2 aromatic carbocycles. The summed E-state index contributed by atoms with van der Waals surface area (Å²) in [6.07, 6.45) is 5.59. The average molecular weight is 476 g/mol. The van der Waals surface area contributed by atoms with Crippen molar-refractivity contribution in [3.05, 3.63) is 76.3 Å². The Morgan fingerprint density at radius 2 is 1.56 bits per heavy atom. The van der Waals surface area contributed by atoms with Gasteiger partial charge < -0.3 is 4.74 Å². The molecule has 2 saturated carbocycles. The number of aryl methyl sites for hydroxylation is 2. The van der Waals surface area contributed by atoms with Crippen LogP contribution in [-0.4, -0.2) is 28.7 Å². The van der Waals surface area contributed by atoms with Gasteiger partial charge in [0, 0.05) is 11.4 Å². The number of amides is 2. The number of hydrogen-bond acceptors (Lipinski definition) is 4.